The van der Waals surface area contributed by atoms with Crippen LogP contribution in [0, 0.1) is 17.2 Å². The van der Waals surface area contributed by atoms with Crippen molar-refractivity contribution in [1.29, 1.82) is 5.26 Å². The van der Waals surface area contributed by atoms with Crippen LogP contribution in [0.2, 0.25) is 0 Å². The van der Waals surface area contributed by atoms with Crippen molar-refractivity contribution in [3.8, 4) is 6.07 Å². The topological polar surface area (TPSA) is 33.0 Å². The van der Waals surface area contributed by atoms with Crippen LogP contribution in [0.15, 0.2) is 30.3 Å². The number of nitriles is 1. The highest BCUT2D eigenvalue weighted by Crippen LogP contribution is 2.21. The van der Waals surface area contributed by atoms with Crippen LogP contribution >= 0.6 is 0 Å². The summed E-state index contributed by atoms with van der Waals surface area (Å²) < 4.78 is 5.76. The third-order valence-corrected chi connectivity index (χ3v) is 2.46. The summed E-state index contributed by atoms with van der Waals surface area (Å²) in [5.41, 5.74) is 1.09. The SMILES string of the molecule is CC(C)CCOC(CC#N)c1ccccc1. The summed E-state index contributed by atoms with van der Waals surface area (Å²) in [4.78, 5) is 0. The fourth-order valence-electron chi connectivity index (χ4n) is 1.47. The zero-order valence-corrected chi connectivity index (χ0v) is 10.0. The Morgan fingerprint density at radius 3 is 2.50 bits per heavy atom. The molecule has 1 unspecified atom stereocenters. The summed E-state index contributed by atoms with van der Waals surface area (Å²) in [5, 5.41) is 8.78. The number of nitrogens with zero attached hydrogens (tertiary/aromatic N) is 1. The van der Waals surface area contributed by atoms with Crippen LogP contribution in [0.4, 0.5) is 0 Å². The molecular formula is C14H19NO. The summed E-state index contributed by atoms with van der Waals surface area (Å²) in [6, 6.07) is 12.1. The highest BCUT2D eigenvalue weighted by Gasteiger charge is 2.11. The molecule has 1 atom stereocenters. The third kappa shape index (κ3) is 4.46. The second kappa shape index (κ2) is 7.03. The van der Waals surface area contributed by atoms with Crippen molar-refractivity contribution in [2.75, 3.05) is 6.61 Å². The lowest BCUT2D eigenvalue weighted by Crippen LogP contribution is -2.06. The molecular weight excluding hydrogens is 198 g/mol. The molecule has 0 bridgehead atoms. The van der Waals surface area contributed by atoms with Gasteiger partial charge in [-0.15, -0.1) is 0 Å². The quantitative estimate of drug-likeness (QED) is 0.727. The Morgan fingerprint density at radius 2 is 1.94 bits per heavy atom. The third-order valence-electron chi connectivity index (χ3n) is 2.46. The molecule has 0 spiro atoms. The van der Waals surface area contributed by atoms with Gasteiger partial charge in [0.25, 0.3) is 0 Å². The molecule has 16 heavy (non-hydrogen) atoms. The molecule has 1 aromatic carbocycles. The van der Waals surface area contributed by atoms with Crippen molar-refractivity contribution >= 4 is 0 Å². The van der Waals surface area contributed by atoms with Crippen molar-refractivity contribution < 1.29 is 4.74 Å². The Bertz CT molecular complexity index is 326. The van der Waals surface area contributed by atoms with Gasteiger partial charge in [0.2, 0.25) is 0 Å². The second-order valence-electron chi connectivity index (χ2n) is 4.31. The van der Waals surface area contributed by atoms with Gasteiger partial charge in [-0.1, -0.05) is 44.2 Å². The maximum atomic E-state index is 8.78. The van der Waals surface area contributed by atoms with E-state index >= 15 is 0 Å². The molecule has 0 aliphatic carbocycles. The van der Waals surface area contributed by atoms with Gasteiger partial charge in [-0.3, -0.25) is 0 Å². The van der Waals surface area contributed by atoms with E-state index in [2.05, 4.69) is 19.9 Å². The number of hydrogen-bond acceptors (Lipinski definition) is 2. The zero-order chi connectivity index (χ0) is 11.8. The predicted octanol–water partition coefficient (Wildman–Crippen LogP) is 3.70. The lowest BCUT2D eigenvalue weighted by Gasteiger charge is -2.16. The summed E-state index contributed by atoms with van der Waals surface area (Å²) >= 11 is 0. The molecule has 2 nitrogen and oxygen atoms in total. The first-order valence-electron chi connectivity index (χ1n) is 5.77. The van der Waals surface area contributed by atoms with E-state index in [0.29, 0.717) is 12.3 Å². The number of ether oxygens (including phenoxy) is 1. The average molecular weight is 217 g/mol. The van der Waals surface area contributed by atoms with Crippen LogP contribution in [0.25, 0.3) is 0 Å². The van der Waals surface area contributed by atoms with Gasteiger partial charge in [0.15, 0.2) is 0 Å². The van der Waals surface area contributed by atoms with E-state index in [9.17, 15) is 0 Å². The Labute approximate surface area is 97.9 Å². The number of rotatable bonds is 6. The van der Waals surface area contributed by atoms with Crippen molar-refractivity contribution in [3.63, 3.8) is 0 Å². The van der Waals surface area contributed by atoms with Crippen LogP contribution in [0.1, 0.15) is 38.4 Å². The minimum absolute atomic E-state index is 0.0788. The molecule has 0 radical (unpaired) electrons. The van der Waals surface area contributed by atoms with Crippen LogP contribution in [-0.2, 0) is 4.74 Å². The molecule has 0 saturated carbocycles. The molecule has 86 valence electrons. The second-order valence-corrected chi connectivity index (χ2v) is 4.31. The van der Waals surface area contributed by atoms with E-state index in [0.717, 1.165) is 18.6 Å². The van der Waals surface area contributed by atoms with Crippen molar-refractivity contribution in [2.45, 2.75) is 32.8 Å². The van der Waals surface area contributed by atoms with Crippen LogP contribution in [0.5, 0.6) is 0 Å². The van der Waals surface area contributed by atoms with E-state index in [4.69, 9.17) is 10.00 Å². The summed E-state index contributed by atoms with van der Waals surface area (Å²) in [6.07, 6.45) is 1.38. The van der Waals surface area contributed by atoms with E-state index in [-0.39, 0.29) is 6.10 Å². The highest BCUT2D eigenvalue weighted by molar-refractivity contribution is 5.18. The van der Waals surface area contributed by atoms with Gasteiger partial charge in [-0.05, 0) is 17.9 Å². The fourth-order valence-corrected chi connectivity index (χ4v) is 1.47. The van der Waals surface area contributed by atoms with Gasteiger partial charge in [0.05, 0.1) is 18.6 Å². The Balaban J connectivity index is 2.52. The van der Waals surface area contributed by atoms with Crippen LogP contribution < -0.4 is 0 Å². The molecule has 1 rings (SSSR count). The van der Waals surface area contributed by atoms with Crippen molar-refractivity contribution in [3.05, 3.63) is 35.9 Å². The summed E-state index contributed by atoms with van der Waals surface area (Å²) in [7, 11) is 0. The Kier molecular flexibility index (Phi) is 5.60. The smallest absolute Gasteiger partial charge is 0.0954 e. The highest BCUT2D eigenvalue weighted by atomic mass is 16.5. The van der Waals surface area contributed by atoms with E-state index < -0.39 is 0 Å². The van der Waals surface area contributed by atoms with Gasteiger partial charge in [-0.25, -0.2) is 0 Å². The molecule has 0 N–H and O–H groups in total. The van der Waals surface area contributed by atoms with Gasteiger partial charge in [0.1, 0.15) is 0 Å². The normalized spacial score (nSPS) is 12.4. The molecule has 0 saturated heterocycles. The van der Waals surface area contributed by atoms with E-state index in [1.807, 2.05) is 30.3 Å². The van der Waals surface area contributed by atoms with Gasteiger partial charge in [-0.2, -0.15) is 5.26 Å². The molecule has 2 heteroatoms. The maximum absolute atomic E-state index is 8.78. The van der Waals surface area contributed by atoms with Crippen LogP contribution in [0.3, 0.4) is 0 Å². The largest absolute Gasteiger partial charge is 0.372 e. The molecule has 0 aliphatic rings. The predicted molar refractivity (Wildman–Crippen MR) is 64.8 cm³/mol. The van der Waals surface area contributed by atoms with Gasteiger partial charge >= 0.3 is 0 Å². The minimum Gasteiger partial charge on any atom is -0.372 e. The lowest BCUT2D eigenvalue weighted by atomic mass is 10.1. The maximum Gasteiger partial charge on any atom is 0.0954 e. The fraction of sp³-hybridized carbons (Fsp3) is 0.500. The first-order chi connectivity index (χ1) is 7.74. The molecule has 0 aliphatic heterocycles. The first kappa shape index (κ1) is 12.7. The van der Waals surface area contributed by atoms with Gasteiger partial charge in [0, 0.05) is 6.61 Å². The molecule has 0 amide bonds. The van der Waals surface area contributed by atoms with E-state index in [1.165, 1.54) is 0 Å². The number of benzene rings is 1. The van der Waals surface area contributed by atoms with Crippen LogP contribution in [-0.4, -0.2) is 6.61 Å². The van der Waals surface area contributed by atoms with Crippen molar-refractivity contribution in [1.82, 2.24) is 0 Å². The van der Waals surface area contributed by atoms with Crippen molar-refractivity contribution in [2.24, 2.45) is 5.92 Å². The average Bonchev–Trinajstić information content (AvgIpc) is 2.29. The Hall–Kier alpha value is -1.33. The monoisotopic (exact) mass is 217 g/mol. The minimum atomic E-state index is -0.0788. The summed E-state index contributed by atoms with van der Waals surface area (Å²) in [6.45, 7) is 5.06. The molecule has 0 fully saturated rings. The zero-order valence-electron chi connectivity index (χ0n) is 10.0. The summed E-state index contributed by atoms with van der Waals surface area (Å²) in [5.74, 6) is 0.638. The molecule has 0 heterocycles. The standard InChI is InChI=1S/C14H19NO/c1-12(2)9-11-16-14(8-10-15)13-6-4-3-5-7-13/h3-7,12,14H,8-9,11H2,1-2H3. The Morgan fingerprint density at radius 1 is 1.25 bits per heavy atom. The molecule has 0 aromatic heterocycles. The van der Waals surface area contributed by atoms with Gasteiger partial charge < -0.3 is 4.74 Å². The lowest BCUT2D eigenvalue weighted by molar-refractivity contribution is 0.0488. The molecule has 1 aromatic rings. The first-order valence-corrected chi connectivity index (χ1v) is 5.77. The number of hydrogen-bond donors (Lipinski definition) is 0. The van der Waals surface area contributed by atoms with E-state index in [1.54, 1.807) is 0 Å².